The maximum atomic E-state index is 14.7. The number of aromatic nitrogens is 6. The van der Waals surface area contributed by atoms with Crippen LogP contribution in [-0.2, 0) is 6.42 Å². The van der Waals surface area contributed by atoms with E-state index in [0.717, 1.165) is 68.1 Å². The number of H-pyrrole nitrogens is 2. The first-order valence-electron chi connectivity index (χ1n) is 15.4. The SMILES string of the molecule is C=C(Cc1ccccc1)Nc1cncc(-c2ccc3[nH]nc(-c4cc5c(-c6cc(F)cc(NCCN(C)C)c6)cncc5[nH]4)c3n2)c1. The molecule has 0 bridgehead atoms. The van der Waals surface area contributed by atoms with E-state index in [0.29, 0.717) is 24.2 Å². The summed E-state index contributed by atoms with van der Waals surface area (Å²) in [6.07, 6.45) is 7.81. The Kier molecular flexibility index (Phi) is 8.16. The van der Waals surface area contributed by atoms with Crippen molar-refractivity contribution in [1.29, 1.82) is 0 Å². The van der Waals surface area contributed by atoms with Gasteiger partial charge in [-0.2, -0.15) is 5.10 Å². The molecule has 0 aliphatic rings. The van der Waals surface area contributed by atoms with Crippen LogP contribution in [0, 0.1) is 5.82 Å². The molecular formula is C37H34FN9. The van der Waals surface area contributed by atoms with E-state index in [1.165, 1.54) is 17.7 Å². The fourth-order valence-electron chi connectivity index (χ4n) is 5.67. The second-order valence-electron chi connectivity index (χ2n) is 11.8. The van der Waals surface area contributed by atoms with E-state index in [4.69, 9.17) is 4.98 Å². The summed E-state index contributed by atoms with van der Waals surface area (Å²) in [5.74, 6) is -0.313. The number of hydrogen-bond donors (Lipinski definition) is 4. The van der Waals surface area contributed by atoms with Crippen LogP contribution < -0.4 is 10.6 Å². The van der Waals surface area contributed by atoms with Crippen LogP contribution in [0.3, 0.4) is 0 Å². The number of likely N-dealkylation sites (N-methyl/N-ethyl adjacent to an activating group) is 1. The summed E-state index contributed by atoms with van der Waals surface area (Å²) in [4.78, 5) is 19.4. The van der Waals surface area contributed by atoms with Crippen LogP contribution in [0.25, 0.3) is 55.7 Å². The lowest BCUT2D eigenvalue weighted by atomic mass is 10.0. The van der Waals surface area contributed by atoms with Gasteiger partial charge in [-0.3, -0.25) is 15.1 Å². The molecule has 10 heteroatoms. The van der Waals surface area contributed by atoms with Crippen molar-refractivity contribution in [3.8, 4) is 33.8 Å². The number of nitrogens with one attached hydrogen (secondary N) is 4. The van der Waals surface area contributed by atoms with Gasteiger partial charge in [0.05, 0.1) is 40.5 Å². The number of pyridine rings is 3. The minimum Gasteiger partial charge on any atom is -0.384 e. The van der Waals surface area contributed by atoms with Gasteiger partial charge in [-0.05, 0) is 67.7 Å². The first-order chi connectivity index (χ1) is 22.9. The van der Waals surface area contributed by atoms with Crippen LogP contribution in [-0.4, -0.2) is 62.2 Å². The molecule has 47 heavy (non-hydrogen) atoms. The number of halogens is 1. The van der Waals surface area contributed by atoms with Crippen molar-refractivity contribution in [2.75, 3.05) is 37.8 Å². The summed E-state index contributed by atoms with van der Waals surface area (Å²) < 4.78 is 14.7. The number of anilines is 2. The van der Waals surface area contributed by atoms with E-state index < -0.39 is 0 Å². The van der Waals surface area contributed by atoms with Gasteiger partial charge in [0.25, 0.3) is 0 Å². The van der Waals surface area contributed by atoms with Gasteiger partial charge in [0, 0.05) is 59.8 Å². The zero-order valence-corrected chi connectivity index (χ0v) is 26.2. The van der Waals surface area contributed by atoms with E-state index >= 15 is 0 Å². The van der Waals surface area contributed by atoms with E-state index in [2.05, 4.69) is 59.4 Å². The molecule has 7 rings (SSSR count). The molecule has 0 fully saturated rings. The Morgan fingerprint density at radius 1 is 0.872 bits per heavy atom. The molecule has 7 aromatic rings. The molecule has 0 unspecified atom stereocenters. The molecule has 2 aromatic carbocycles. The molecule has 9 nitrogen and oxygen atoms in total. The average Bonchev–Trinajstić information content (AvgIpc) is 3.69. The van der Waals surface area contributed by atoms with Gasteiger partial charge in [-0.25, -0.2) is 9.37 Å². The number of allylic oxidation sites excluding steroid dienone is 1. The second-order valence-corrected chi connectivity index (χ2v) is 11.8. The van der Waals surface area contributed by atoms with Crippen LogP contribution in [0.5, 0.6) is 0 Å². The molecule has 5 aromatic heterocycles. The summed E-state index contributed by atoms with van der Waals surface area (Å²) in [7, 11) is 4.01. The van der Waals surface area contributed by atoms with Crippen molar-refractivity contribution in [3.05, 3.63) is 121 Å². The first kappa shape index (κ1) is 29.8. The highest BCUT2D eigenvalue weighted by molar-refractivity contribution is 6.00. The molecule has 0 spiro atoms. The molecule has 0 amide bonds. The molecule has 0 saturated carbocycles. The summed E-state index contributed by atoms with van der Waals surface area (Å²) in [6, 6.07) is 23.2. The monoisotopic (exact) mass is 623 g/mol. The van der Waals surface area contributed by atoms with Crippen molar-refractivity contribution in [1.82, 2.24) is 35.0 Å². The van der Waals surface area contributed by atoms with Crippen LogP contribution in [0.1, 0.15) is 5.56 Å². The Morgan fingerprint density at radius 2 is 1.70 bits per heavy atom. The van der Waals surface area contributed by atoms with Crippen LogP contribution >= 0.6 is 0 Å². The molecular weight excluding hydrogens is 589 g/mol. The highest BCUT2D eigenvalue weighted by Crippen LogP contribution is 2.35. The molecule has 0 atom stereocenters. The van der Waals surface area contributed by atoms with Crippen LogP contribution in [0.15, 0.2) is 110 Å². The number of benzene rings is 2. The minimum absolute atomic E-state index is 0.313. The van der Waals surface area contributed by atoms with Crippen LogP contribution in [0.4, 0.5) is 15.8 Å². The zero-order valence-electron chi connectivity index (χ0n) is 26.2. The molecule has 4 N–H and O–H groups in total. The maximum Gasteiger partial charge on any atom is 0.135 e. The fourth-order valence-corrected chi connectivity index (χ4v) is 5.67. The Bertz CT molecular complexity index is 2200. The third-order valence-electron chi connectivity index (χ3n) is 7.92. The number of rotatable bonds is 11. The van der Waals surface area contributed by atoms with Gasteiger partial charge in [0.15, 0.2) is 0 Å². The van der Waals surface area contributed by atoms with Gasteiger partial charge in [-0.1, -0.05) is 36.9 Å². The third kappa shape index (κ3) is 6.58. The van der Waals surface area contributed by atoms with Crippen LogP contribution in [0.2, 0.25) is 0 Å². The number of nitrogens with zero attached hydrogens (tertiary/aromatic N) is 5. The molecule has 0 saturated heterocycles. The van der Waals surface area contributed by atoms with Crippen molar-refractivity contribution >= 4 is 33.3 Å². The van der Waals surface area contributed by atoms with Crippen molar-refractivity contribution in [2.24, 2.45) is 0 Å². The summed E-state index contributed by atoms with van der Waals surface area (Å²) in [5, 5.41) is 15.3. The van der Waals surface area contributed by atoms with Gasteiger partial charge in [-0.15, -0.1) is 0 Å². The van der Waals surface area contributed by atoms with Gasteiger partial charge < -0.3 is 20.5 Å². The van der Waals surface area contributed by atoms with E-state index in [-0.39, 0.29) is 5.82 Å². The summed E-state index contributed by atoms with van der Waals surface area (Å²) >= 11 is 0. The van der Waals surface area contributed by atoms with Crippen molar-refractivity contribution < 1.29 is 4.39 Å². The Hall–Kier alpha value is -5.87. The third-order valence-corrected chi connectivity index (χ3v) is 7.92. The lowest BCUT2D eigenvalue weighted by Crippen LogP contribution is -2.20. The summed E-state index contributed by atoms with van der Waals surface area (Å²) in [5.41, 5.74) is 10.6. The number of fused-ring (bicyclic) bond motifs is 2. The minimum atomic E-state index is -0.313. The molecule has 5 heterocycles. The predicted molar refractivity (Wildman–Crippen MR) is 188 cm³/mol. The number of hydrogen-bond acceptors (Lipinski definition) is 7. The standard InChI is InChI=1S/C37H34FN9/c1-23(13-24-7-5-4-6-8-24)42-29-16-26(19-39-20-29)32-9-10-33-36(44-32)37(46-45-33)34-18-30-31(21-40-22-35(30)43-34)25-14-27(38)17-28(15-25)41-11-12-47(2)3/h4-10,14-22,41-43H,1,11-13H2,2-3H3,(H,45,46). The Morgan fingerprint density at radius 3 is 2.55 bits per heavy atom. The summed E-state index contributed by atoms with van der Waals surface area (Å²) in [6.45, 7) is 5.73. The van der Waals surface area contributed by atoms with E-state index in [1.54, 1.807) is 24.8 Å². The fraction of sp³-hybridized carbons (Fsp3) is 0.135. The highest BCUT2D eigenvalue weighted by atomic mass is 19.1. The van der Waals surface area contributed by atoms with Crippen molar-refractivity contribution in [3.63, 3.8) is 0 Å². The zero-order chi connectivity index (χ0) is 32.3. The first-order valence-corrected chi connectivity index (χ1v) is 15.4. The topological polar surface area (TPSA) is 110 Å². The molecule has 234 valence electrons. The van der Waals surface area contributed by atoms with Gasteiger partial charge >= 0.3 is 0 Å². The normalized spacial score (nSPS) is 11.4. The smallest absolute Gasteiger partial charge is 0.135 e. The lowest BCUT2D eigenvalue weighted by Gasteiger charge is -2.13. The Balaban J connectivity index is 1.18. The quantitative estimate of drug-likeness (QED) is 0.118. The van der Waals surface area contributed by atoms with Gasteiger partial charge in [0.2, 0.25) is 0 Å². The van der Waals surface area contributed by atoms with E-state index in [1.807, 2.05) is 62.6 Å². The molecule has 0 aliphatic heterocycles. The molecule has 0 aliphatic carbocycles. The second kappa shape index (κ2) is 12.9. The lowest BCUT2D eigenvalue weighted by molar-refractivity contribution is 0.425. The molecule has 0 radical (unpaired) electrons. The largest absolute Gasteiger partial charge is 0.384 e. The maximum absolute atomic E-state index is 14.7. The number of aromatic amines is 2. The predicted octanol–water partition coefficient (Wildman–Crippen LogP) is 7.51. The Labute approximate surface area is 271 Å². The average molecular weight is 624 g/mol. The van der Waals surface area contributed by atoms with Gasteiger partial charge in [0.1, 0.15) is 17.0 Å². The van der Waals surface area contributed by atoms with E-state index in [9.17, 15) is 4.39 Å². The van der Waals surface area contributed by atoms with Crippen molar-refractivity contribution in [2.45, 2.75) is 6.42 Å². The highest BCUT2D eigenvalue weighted by Gasteiger charge is 2.17.